The zero-order valence-corrected chi connectivity index (χ0v) is 16.5. The van der Waals surface area contributed by atoms with E-state index in [1.165, 1.54) is 19.3 Å². The molecule has 2 aliphatic heterocycles. The fourth-order valence-electron chi connectivity index (χ4n) is 4.29. The molecule has 2 heterocycles. The second-order valence-corrected chi connectivity index (χ2v) is 8.17. The summed E-state index contributed by atoms with van der Waals surface area (Å²) in [5.41, 5.74) is 2.53. The molecule has 0 bridgehead atoms. The van der Waals surface area contributed by atoms with E-state index in [9.17, 15) is 5.26 Å². The predicted octanol–water partition coefficient (Wildman–Crippen LogP) is 5.03. The van der Waals surface area contributed by atoms with Crippen LogP contribution in [0.1, 0.15) is 42.4 Å². The van der Waals surface area contributed by atoms with E-state index in [0.29, 0.717) is 6.61 Å². The Morgan fingerprint density at radius 3 is 2.69 bits per heavy atom. The van der Waals surface area contributed by atoms with Crippen molar-refractivity contribution in [3.8, 4) is 11.8 Å². The Kier molecular flexibility index (Phi) is 5.02. The lowest BCUT2D eigenvalue weighted by Gasteiger charge is -2.33. The average Bonchev–Trinajstić information content (AvgIpc) is 2.82. The van der Waals surface area contributed by atoms with E-state index in [1.807, 2.05) is 24.3 Å². The van der Waals surface area contributed by atoms with Gasteiger partial charge in [0.15, 0.2) is 0 Å². The van der Waals surface area contributed by atoms with Crippen LogP contribution in [0.15, 0.2) is 46.9 Å². The van der Waals surface area contributed by atoms with Crippen molar-refractivity contribution in [2.24, 2.45) is 0 Å². The Morgan fingerprint density at radius 2 is 1.88 bits per heavy atom. The topological polar surface area (TPSA) is 36.3 Å². The first-order valence-corrected chi connectivity index (χ1v) is 10.2. The summed E-state index contributed by atoms with van der Waals surface area (Å²) in [5, 5.41) is 10.4. The third kappa shape index (κ3) is 3.15. The van der Waals surface area contributed by atoms with Crippen molar-refractivity contribution in [3.63, 3.8) is 0 Å². The van der Waals surface area contributed by atoms with E-state index in [0.717, 1.165) is 53.0 Å². The normalized spacial score (nSPS) is 22.5. The summed E-state index contributed by atoms with van der Waals surface area (Å²) in [4.78, 5) is 2.51. The van der Waals surface area contributed by atoms with Crippen molar-refractivity contribution < 1.29 is 4.74 Å². The smallest absolute Gasteiger partial charge is 0.126 e. The highest BCUT2D eigenvalue weighted by Gasteiger charge is 2.40. The highest BCUT2D eigenvalue weighted by Crippen LogP contribution is 2.45. The second kappa shape index (κ2) is 7.42. The second-order valence-electron chi connectivity index (χ2n) is 7.26. The minimum atomic E-state index is -0.666. The molecule has 2 aromatic rings. The fourth-order valence-corrected chi connectivity index (χ4v) is 4.63. The summed E-state index contributed by atoms with van der Waals surface area (Å²) in [5.74, 6) is 0.816. The largest absolute Gasteiger partial charge is 0.488 e. The van der Waals surface area contributed by atoms with Crippen LogP contribution in [-0.4, -0.2) is 24.5 Å². The first-order valence-electron chi connectivity index (χ1n) is 9.38. The van der Waals surface area contributed by atoms with E-state index in [2.05, 4.69) is 45.1 Å². The van der Waals surface area contributed by atoms with Crippen LogP contribution < -0.4 is 4.74 Å². The maximum atomic E-state index is 10.4. The minimum Gasteiger partial charge on any atom is -0.488 e. The van der Waals surface area contributed by atoms with Crippen molar-refractivity contribution >= 4 is 15.9 Å². The molecule has 4 heteroatoms. The molecular weight excluding hydrogens is 388 g/mol. The summed E-state index contributed by atoms with van der Waals surface area (Å²) >= 11 is 3.54. The monoisotopic (exact) mass is 410 g/mol. The van der Waals surface area contributed by atoms with Crippen LogP contribution >= 0.6 is 15.9 Å². The minimum absolute atomic E-state index is 0.507. The maximum absolute atomic E-state index is 10.4. The Labute approximate surface area is 163 Å². The molecule has 0 N–H and O–H groups in total. The standard InChI is InChI=1S/C22H23BrN2O/c23-18-8-9-20-21(14-18)26-15-17-6-2-3-7-19(17)22(20,16-24)10-13-25-11-4-1-5-12-25/h2-3,6-9,14H,1,4-5,10-13,15H2. The Morgan fingerprint density at radius 1 is 1.08 bits per heavy atom. The molecule has 4 rings (SSSR count). The average molecular weight is 411 g/mol. The van der Waals surface area contributed by atoms with Crippen molar-refractivity contribution in [1.29, 1.82) is 5.26 Å². The first-order chi connectivity index (χ1) is 12.7. The number of ether oxygens (including phenoxy) is 1. The summed E-state index contributed by atoms with van der Waals surface area (Å²) in [6.45, 7) is 3.74. The van der Waals surface area contributed by atoms with Gasteiger partial charge in [0.2, 0.25) is 0 Å². The molecule has 0 amide bonds. The van der Waals surface area contributed by atoms with Crippen molar-refractivity contribution in [1.82, 2.24) is 4.90 Å². The van der Waals surface area contributed by atoms with Gasteiger partial charge in [-0.05, 0) is 55.6 Å². The number of hydrogen-bond donors (Lipinski definition) is 0. The highest BCUT2D eigenvalue weighted by atomic mass is 79.9. The molecule has 0 spiro atoms. The van der Waals surface area contributed by atoms with Crippen LogP contribution in [0.4, 0.5) is 0 Å². The van der Waals surface area contributed by atoms with Gasteiger partial charge in [0.05, 0.1) is 6.07 Å². The maximum Gasteiger partial charge on any atom is 0.126 e. The number of nitriles is 1. The summed E-state index contributed by atoms with van der Waals surface area (Å²) < 4.78 is 7.09. The summed E-state index contributed by atoms with van der Waals surface area (Å²) in [6.07, 6.45) is 4.65. The molecule has 1 unspecified atom stereocenters. The predicted molar refractivity (Wildman–Crippen MR) is 106 cm³/mol. The van der Waals surface area contributed by atoms with Crippen molar-refractivity contribution in [2.75, 3.05) is 19.6 Å². The summed E-state index contributed by atoms with van der Waals surface area (Å²) in [6, 6.07) is 17.0. The Balaban J connectivity index is 1.79. The number of fused-ring (bicyclic) bond motifs is 2. The number of halogens is 1. The number of hydrogen-bond acceptors (Lipinski definition) is 3. The van der Waals surface area contributed by atoms with Gasteiger partial charge in [-0.1, -0.05) is 52.7 Å². The van der Waals surface area contributed by atoms with E-state index >= 15 is 0 Å². The molecule has 0 aliphatic carbocycles. The molecule has 26 heavy (non-hydrogen) atoms. The lowest BCUT2D eigenvalue weighted by molar-refractivity contribution is 0.217. The molecule has 0 radical (unpaired) electrons. The molecule has 134 valence electrons. The molecule has 1 atom stereocenters. The summed E-state index contributed by atoms with van der Waals surface area (Å²) in [7, 11) is 0. The first kappa shape index (κ1) is 17.6. The van der Waals surface area contributed by atoms with Crippen LogP contribution in [-0.2, 0) is 12.0 Å². The van der Waals surface area contributed by atoms with E-state index in [-0.39, 0.29) is 0 Å². The van der Waals surface area contributed by atoms with E-state index in [4.69, 9.17) is 4.74 Å². The van der Waals surface area contributed by atoms with Crippen LogP contribution in [0.3, 0.4) is 0 Å². The van der Waals surface area contributed by atoms with Gasteiger partial charge in [0.25, 0.3) is 0 Å². The van der Waals surface area contributed by atoms with Crippen molar-refractivity contribution in [2.45, 2.75) is 37.7 Å². The van der Waals surface area contributed by atoms with Crippen LogP contribution in [0.5, 0.6) is 5.75 Å². The molecule has 0 saturated carbocycles. The Hall–Kier alpha value is -1.83. The van der Waals surface area contributed by atoms with Gasteiger partial charge in [-0.3, -0.25) is 0 Å². The van der Waals surface area contributed by atoms with Gasteiger partial charge in [0, 0.05) is 16.6 Å². The van der Waals surface area contributed by atoms with Crippen molar-refractivity contribution in [3.05, 3.63) is 63.6 Å². The SMILES string of the molecule is N#CC1(CCN2CCCCC2)c2ccccc2COc2cc(Br)ccc21. The van der Waals surface area contributed by atoms with Gasteiger partial charge in [-0.15, -0.1) is 0 Å². The lowest BCUT2D eigenvalue weighted by Crippen LogP contribution is -2.36. The lowest BCUT2D eigenvalue weighted by atomic mass is 9.71. The third-order valence-corrected chi connectivity index (χ3v) is 6.20. The van der Waals surface area contributed by atoms with E-state index < -0.39 is 5.41 Å². The Bertz CT molecular complexity index is 838. The van der Waals surface area contributed by atoms with Gasteiger partial charge in [-0.2, -0.15) is 5.26 Å². The number of nitrogens with zero attached hydrogens (tertiary/aromatic N) is 2. The fraction of sp³-hybridized carbons (Fsp3) is 0.409. The zero-order chi connectivity index (χ0) is 18.0. The number of rotatable bonds is 3. The third-order valence-electron chi connectivity index (χ3n) is 5.71. The van der Waals surface area contributed by atoms with Gasteiger partial charge in [-0.25, -0.2) is 0 Å². The quantitative estimate of drug-likeness (QED) is 0.711. The molecular formula is C22H23BrN2O. The molecule has 0 aromatic heterocycles. The zero-order valence-electron chi connectivity index (χ0n) is 14.9. The van der Waals surface area contributed by atoms with Crippen LogP contribution in [0.25, 0.3) is 0 Å². The van der Waals surface area contributed by atoms with Gasteiger partial charge >= 0.3 is 0 Å². The highest BCUT2D eigenvalue weighted by molar-refractivity contribution is 9.10. The number of likely N-dealkylation sites (tertiary alicyclic amines) is 1. The van der Waals surface area contributed by atoms with E-state index in [1.54, 1.807) is 0 Å². The van der Waals surface area contributed by atoms with Gasteiger partial charge in [0.1, 0.15) is 17.8 Å². The molecule has 2 aliphatic rings. The molecule has 2 aromatic carbocycles. The van der Waals surface area contributed by atoms with Gasteiger partial charge < -0.3 is 9.64 Å². The van der Waals surface area contributed by atoms with Crippen LogP contribution in [0, 0.1) is 11.3 Å². The molecule has 1 fully saturated rings. The molecule has 1 saturated heterocycles. The molecule has 3 nitrogen and oxygen atoms in total. The number of piperidine rings is 1. The van der Waals surface area contributed by atoms with Crippen LogP contribution in [0.2, 0.25) is 0 Å². The number of benzene rings is 2.